The molecule has 0 bridgehead atoms. The highest BCUT2D eigenvalue weighted by Crippen LogP contribution is 2.35. The van der Waals surface area contributed by atoms with Gasteiger partial charge in [0, 0.05) is 5.39 Å². The monoisotopic (exact) mass is 303 g/mol. The number of ether oxygens (including phenoxy) is 1. The summed E-state index contributed by atoms with van der Waals surface area (Å²) in [5, 5.41) is -0.443. The quantitative estimate of drug-likeness (QED) is 0.620. The molecule has 0 N–H and O–H groups in total. The Hall–Kier alpha value is -1.82. The van der Waals surface area contributed by atoms with Crippen LogP contribution in [0.1, 0.15) is 22.8 Å². The van der Waals surface area contributed by atoms with E-state index in [1.165, 1.54) is 18.2 Å². The zero-order valence-corrected chi connectivity index (χ0v) is 11.0. The molecule has 1 aromatic carbocycles. The van der Waals surface area contributed by atoms with Gasteiger partial charge in [-0.15, -0.1) is 0 Å². The standard InChI is InChI=1S/C13H9ClF3NO2/c1-2-20-12(19)7-3-4-10-8(5-7)6-9(11(14)18-10)13(15,16)17/h3-6H,2H2,1H3. The molecular formula is C13H9ClF3NO2. The van der Waals surface area contributed by atoms with Crippen LogP contribution in [-0.2, 0) is 10.9 Å². The van der Waals surface area contributed by atoms with E-state index >= 15 is 0 Å². The molecule has 2 rings (SSSR count). The van der Waals surface area contributed by atoms with Crippen molar-refractivity contribution in [3.8, 4) is 0 Å². The van der Waals surface area contributed by atoms with Crippen molar-refractivity contribution in [3.63, 3.8) is 0 Å². The van der Waals surface area contributed by atoms with Crippen molar-refractivity contribution in [3.05, 3.63) is 40.5 Å². The van der Waals surface area contributed by atoms with Crippen LogP contribution in [0.4, 0.5) is 13.2 Å². The van der Waals surface area contributed by atoms with Gasteiger partial charge in [-0.05, 0) is 31.2 Å². The molecule has 0 spiro atoms. The van der Waals surface area contributed by atoms with Gasteiger partial charge in [0.25, 0.3) is 0 Å². The van der Waals surface area contributed by atoms with Crippen LogP contribution in [0.15, 0.2) is 24.3 Å². The number of hydrogen-bond acceptors (Lipinski definition) is 3. The minimum atomic E-state index is -4.60. The number of carbonyl (C=O) groups excluding carboxylic acids is 1. The van der Waals surface area contributed by atoms with E-state index in [9.17, 15) is 18.0 Å². The molecule has 0 amide bonds. The summed E-state index contributed by atoms with van der Waals surface area (Å²) < 4.78 is 43.0. The van der Waals surface area contributed by atoms with Crippen molar-refractivity contribution in [1.82, 2.24) is 4.98 Å². The number of benzene rings is 1. The number of aromatic nitrogens is 1. The van der Waals surface area contributed by atoms with Crippen LogP contribution in [0.5, 0.6) is 0 Å². The van der Waals surface area contributed by atoms with E-state index < -0.39 is 22.9 Å². The highest BCUT2D eigenvalue weighted by atomic mass is 35.5. The maximum Gasteiger partial charge on any atom is 0.419 e. The Morgan fingerprint density at radius 2 is 2.05 bits per heavy atom. The van der Waals surface area contributed by atoms with Gasteiger partial charge < -0.3 is 4.74 Å². The number of nitrogens with zero attached hydrogens (tertiary/aromatic N) is 1. The summed E-state index contributed by atoms with van der Waals surface area (Å²) in [6, 6.07) is 5.02. The number of carbonyl (C=O) groups is 1. The van der Waals surface area contributed by atoms with Crippen molar-refractivity contribution in [2.75, 3.05) is 6.61 Å². The lowest BCUT2D eigenvalue weighted by molar-refractivity contribution is -0.137. The van der Waals surface area contributed by atoms with Crippen LogP contribution in [0.25, 0.3) is 10.9 Å². The molecule has 0 aliphatic rings. The molecule has 106 valence electrons. The van der Waals surface area contributed by atoms with Gasteiger partial charge in [-0.2, -0.15) is 13.2 Å². The number of rotatable bonds is 2. The Labute approximate surface area is 117 Å². The van der Waals surface area contributed by atoms with Gasteiger partial charge in [-0.1, -0.05) is 11.6 Å². The normalized spacial score (nSPS) is 11.7. The third-order valence-corrected chi connectivity index (χ3v) is 2.87. The summed E-state index contributed by atoms with van der Waals surface area (Å²) in [7, 11) is 0. The highest BCUT2D eigenvalue weighted by Gasteiger charge is 2.34. The minimum Gasteiger partial charge on any atom is -0.462 e. The van der Waals surface area contributed by atoms with Crippen molar-refractivity contribution < 1.29 is 22.7 Å². The summed E-state index contributed by atoms with van der Waals surface area (Å²) in [6.07, 6.45) is -4.60. The van der Waals surface area contributed by atoms with Crippen LogP contribution in [0, 0.1) is 0 Å². The van der Waals surface area contributed by atoms with Gasteiger partial charge >= 0.3 is 12.1 Å². The maximum atomic E-state index is 12.7. The number of fused-ring (bicyclic) bond motifs is 1. The molecule has 2 aromatic rings. The molecule has 3 nitrogen and oxygen atoms in total. The fraction of sp³-hybridized carbons (Fsp3) is 0.231. The molecule has 20 heavy (non-hydrogen) atoms. The van der Waals surface area contributed by atoms with E-state index in [0.717, 1.165) is 6.07 Å². The molecular weight excluding hydrogens is 295 g/mol. The van der Waals surface area contributed by atoms with E-state index in [1.54, 1.807) is 6.92 Å². The summed E-state index contributed by atoms with van der Waals surface area (Å²) in [6.45, 7) is 1.82. The Morgan fingerprint density at radius 3 is 2.65 bits per heavy atom. The van der Waals surface area contributed by atoms with Gasteiger partial charge in [0.1, 0.15) is 5.15 Å². The third kappa shape index (κ3) is 2.85. The summed E-state index contributed by atoms with van der Waals surface area (Å²) >= 11 is 5.52. The molecule has 0 fully saturated rings. The van der Waals surface area contributed by atoms with Gasteiger partial charge in [0.15, 0.2) is 0 Å². The SMILES string of the molecule is CCOC(=O)c1ccc2nc(Cl)c(C(F)(F)F)cc2c1. The molecule has 1 heterocycles. The second-order valence-corrected chi connectivity index (χ2v) is 4.31. The van der Waals surface area contributed by atoms with Gasteiger partial charge in [-0.25, -0.2) is 9.78 Å². The van der Waals surface area contributed by atoms with Crippen LogP contribution in [0.2, 0.25) is 5.15 Å². The van der Waals surface area contributed by atoms with Crippen molar-refractivity contribution in [2.45, 2.75) is 13.1 Å². The Morgan fingerprint density at radius 1 is 1.35 bits per heavy atom. The van der Waals surface area contributed by atoms with E-state index in [0.29, 0.717) is 0 Å². The van der Waals surface area contributed by atoms with Gasteiger partial charge in [-0.3, -0.25) is 0 Å². The molecule has 7 heteroatoms. The molecule has 0 unspecified atom stereocenters. The zero-order valence-electron chi connectivity index (χ0n) is 10.3. The van der Waals surface area contributed by atoms with Crippen LogP contribution < -0.4 is 0 Å². The Bertz CT molecular complexity index is 670. The van der Waals surface area contributed by atoms with Crippen molar-refractivity contribution in [1.29, 1.82) is 0 Å². The topological polar surface area (TPSA) is 39.2 Å². The van der Waals surface area contributed by atoms with E-state index in [1.807, 2.05) is 0 Å². The summed E-state index contributed by atoms with van der Waals surface area (Å²) in [4.78, 5) is 15.2. The number of halogens is 4. The average Bonchev–Trinajstić information content (AvgIpc) is 2.36. The number of alkyl halides is 3. The van der Waals surface area contributed by atoms with E-state index in [2.05, 4.69) is 4.98 Å². The van der Waals surface area contributed by atoms with Gasteiger partial charge in [0.05, 0.1) is 23.3 Å². The van der Waals surface area contributed by atoms with Crippen LogP contribution >= 0.6 is 11.6 Å². The van der Waals surface area contributed by atoms with E-state index in [4.69, 9.17) is 16.3 Å². The average molecular weight is 304 g/mol. The zero-order chi connectivity index (χ0) is 14.9. The first-order chi connectivity index (χ1) is 9.32. The largest absolute Gasteiger partial charge is 0.462 e. The maximum absolute atomic E-state index is 12.7. The minimum absolute atomic E-state index is 0.164. The molecule has 0 radical (unpaired) electrons. The van der Waals surface area contributed by atoms with Crippen molar-refractivity contribution in [2.24, 2.45) is 0 Å². The molecule has 1 aromatic heterocycles. The Kier molecular flexibility index (Phi) is 3.85. The smallest absolute Gasteiger partial charge is 0.419 e. The molecule has 0 atom stereocenters. The first kappa shape index (κ1) is 14.6. The lowest BCUT2D eigenvalue weighted by Crippen LogP contribution is -2.08. The fourth-order valence-electron chi connectivity index (χ4n) is 1.69. The highest BCUT2D eigenvalue weighted by molar-refractivity contribution is 6.30. The van der Waals surface area contributed by atoms with Crippen LogP contribution in [0.3, 0.4) is 0 Å². The van der Waals surface area contributed by atoms with Gasteiger partial charge in [0.2, 0.25) is 0 Å². The van der Waals surface area contributed by atoms with Crippen LogP contribution in [-0.4, -0.2) is 17.6 Å². The predicted octanol–water partition coefficient (Wildman–Crippen LogP) is 4.08. The lowest BCUT2D eigenvalue weighted by Gasteiger charge is -2.10. The Balaban J connectivity index is 2.56. The molecule has 0 aliphatic heterocycles. The molecule has 0 aliphatic carbocycles. The fourth-order valence-corrected chi connectivity index (χ4v) is 1.95. The lowest BCUT2D eigenvalue weighted by atomic mass is 10.1. The number of hydrogen-bond donors (Lipinski definition) is 0. The first-order valence-corrected chi connectivity index (χ1v) is 6.05. The van der Waals surface area contributed by atoms with E-state index in [-0.39, 0.29) is 23.1 Å². The summed E-state index contributed by atoms with van der Waals surface area (Å²) in [5.74, 6) is -0.599. The second kappa shape index (κ2) is 5.28. The third-order valence-electron chi connectivity index (χ3n) is 2.58. The second-order valence-electron chi connectivity index (χ2n) is 3.95. The molecule has 0 saturated carbocycles. The predicted molar refractivity (Wildman–Crippen MR) is 67.7 cm³/mol. The number of esters is 1. The molecule has 0 saturated heterocycles. The number of pyridine rings is 1. The van der Waals surface area contributed by atoms with Crippen molar-refractivity contribution >= 4 is 28.5 Å². The summed E-state index contributed by atoms with van der Waals surface area (Å²) in [5.41, 5.74) is -0.597. The first-order valence-electron chi connectivity index (χ1n) is 5.67.